The van der Waals surface area contributed by atoms with Crippen LogP contribution in [0.3, 0.4) is 0 Å². The molecule has 0 atom stereocenters. The zero-order valence-electron chi connectivity index (χ0n) is 9.50. The van der Waals surface area contributed by atoms with Crippen molar-refractivity contribution in [3.8, 4) is 0 Å². The van der Waals surface area contributed by atoms with E-state index in [0.717, 1.165) is 0 Å². The SMILES string of the molecule is CC(C)(C)C(=O)Nc1ccc(N)cc1Cl.Cl. The van der Waals surface area contributed by atoms with Crippen molar-refractivity contribution in [1.82, 2.24) is 0 Å². The third-order valence-corrected chi connectivity index (χ3v) is 2.24. The van der Waals surface area contributed by atoms with E-state index in [1.165, 1.54) is 0 Å². The molecule has 3 nitrogen and oxygen atoms in total. The summed E-state index contributed by atoms with van der Waals surface area (Å²) in [5, 5.41) is 3.20. The summed E-state index contributed by atoms with van der Waals surface area (Å²) < 4.78 is 0. The third-order valence-electron chi connectivity index (χ3n) is 1.92. The molecule has 1 rings (SSSR count). The number of anilines is 2. The highest BCUT2D eigenvalue weighted by Crippen LogP contribution is 2.26. The number of rotatable bonds is 1. The van der Waals surface area contributed by atoms with Crippen molar-refractivity contribution in [2.75, 3.05) is 11.1 Å². The van der Waals surface area contributed by atoms with Gasteiger partial charge in [0.25, 0.3) is 0 Å². The molecule has 0 fully saturated rings. The van der Waals surface area contributed by atoms with Gasteiger partial charge in [-0.2, -0.15) is 0 Å². The number of halogens is 2. The van der Waals surface area contributed by atoms with Crippen molar-refractivity contribution in [2.24, 2.45) is 5.41 Å². The Morgan fingerprint density at radius 2 is 1.94 bits per heavy atom. The van der Waals surface area contributed by atoms with Gasteiger partial charge in [0.1, 0.15) is 0 Å². The topological polar surface area (TPSA) is 55.1 Å². The Hall–Kier alpha value is -0.930. The molecule has 0 aliphatic carbocycles. The summed E-state index contributed by atoms with van der Waals surface area (Å²) in [4.78, 5) is 11.7. The largest absolute Gasteiger partial charge is 0.399 e. The van der Waals surface area contributed by atoms with Crippen LogP contribution in [0.15, 0.2) is 18.2 Å². The summed E-state index contributed by atoms with van der Waals surface area (Å²) in [7, 11) is 0. The van der Waals surface area contributed by atoms with E-state index in [-0.39, 0.29) is 18.3 Å². The van der Waals surface area contributed by atoms with Gasteiger partial charge in [0.05, 0.1) is 10.7 Å². The zero-order chi connectivity index (χ0) is 11.6. The normalized spacial score (nSPS) is 10.5. The van der Waals surface area contributed by atoms with Crippen LogP contribution in [-0.4, -0.2) is 5.91 Å². The maximum Gasteiger partial charge on any atom is 0.229 e. The van der Waals surface area contributed by atoms with Gasteiger partial charge in [-0.1, -0.05) is 32.4 Å². The highest BCUT2D eigenvalue weighted by Gasteiger charge is 2.21. The van der Waals surface area contributed by atoms with E-state index in [0.29, 0.717) is 16.4 Å². The first-order valence-electron chi connectivity index (χ1n) is 4.67. The Bertz CT molecular complexity index is 386. The molecule has 0 radical (unpaired) electrons. The van der Waals surface area contributed by atoms with Crippen LogP contribution in [0.2, 0.25) is 5.02 Å². The van der Waals surface area contributed by atoms with Crippen LogP contribution in [0, 0.1) is 5.41 Å². The van der Waals surface area contributed by atoms with Gasteiger partial charge in [-0.15, -0.1) is 12.4 Å². The number of nitrogens with one attached hydrogen (secondary N) is 1. The smallest absolute Gasteiger partial charge is 0.229 e. The number of carbonyl (C=O) groups is 1. The van der Waals surface area contributed by atoms with E-state index in [4.69, 9.17) is 17.3 Å². The molecular formula is C11H16Cl2N2O. The lowest BCUT2D eigenvalue weighted by Crippen LogP contribution is -2.27. The Balaban J connectivity index is 0.00000225. The van der Waals surface area contributed by atoms with Crippen LogP contribution in [-0.2, 0) is 4.79 Å². The molecule has 0 unspecified atom stereocenters. The lowest BCUT2D eigenvalue weighted by atomic mass is 9.95. The highest BCUT2D eigenvalue weighted by molar-refractivity contribution is 6.34. The monoisotopic (exact) mass is 262 g/mol. The molecular weight excluding hydrogens is 247 g/mol. The molecule has 0 heterocycles. The van der Waals surface area contributed by atoms with Crippen molar-refractivity contribution < 1.29 is 4.79 Å². The number of nitrogens with two attached hydrogens (primary N) is 1. The van der Waals surface area contributed by atoms with Crippen LogP contribution >= 0.6 is 24.0 Å². The molecule has 90 valence electrons. The van der Waals surface area contributed by atoms with E-state index in [2.05, 4.69) is 5.32 Å². The lowest BCUT2D eigenvalue weighted by molar-refractivity contribution is -0.123. The van der Waals surface area contributed by atoms with Gasteiger partial charge in [-0.25, -0.2) is 0 Å². The van der Waals surface area contributed by atoms with Crippen LogP contribution in [0.5, 0.6) is 0 Å². The second-order valence-corrected chi connectivity index (χ2v) is 4.85. The molecule has 0 aliphatic heterocycles. The number of hydrogen-bond acceptors (Lipinski definition) is 2. The maximum atomic E-state index is 11.7. The first kappa shape index (κ1) is 15.1. The molecule has 3 N–H and O–H groups in total. The predicted octanol–water partition coefficient (Wildman–Crippen LogP) is 3.33. The minimum Gasteiger partial charge on any atom is -0.399 e. The van der Waals surface area contributed by atoms with Crippen molar-refractivity contribution in [3.63, 3.8) is 0 Å². The van der Waals surface area contributed by atoms with Crippen LogP contribution in [0.25, 0.3) is 0 Å². The maximum absolute atomic E-state index is 11.7. The Labute approximate surface area is 107 Å². The molecule has 1 amide bonds. The molecule has 1 aromatic carbocycles. The van der Waals surface area contributed by atoms with Crippen molar-refractivity contribution >= 4 is 41.3 Å². The first-order valence-corrected chi connectivity index (χ1v) is 5.05. The zero-order valence-corrected chi connectivity index (χ0v) is 11.1. The molecule has 0 spiro atoms. The number of amides is 1. The lowest BCUT2D eigenvalue weighted by Gasteiger charge is -2.18. The number of carbonyl (C=O) groups excluding carboxylic acids is 1. The fraction of sp³-hybridized carbons (Fsp3) is 0.364. The first-order chi connectivity index (χ1) is 6.80. The van der Waals surface area contributed by atoms with Crippen LogP contribution in [0.4, 0.5) is 11.4 Å². The number of benzene rings is 1. The standard InChI is InChI=1S/C11H15ClN2O.ClH/c1-11(2,3)10(15)14-9-5-4-7(13)6-8(9)12;/h4-6H,13H2,1-3H3,(H,14,15);1H. The molecule has 0 saturated carbocycles. The van der Waals surface area contributed by atoms with Crippen molar-refractivity contribution in [1.29, 1.82) is 0 Å². The van der Waals surface area contributed by atoms with Gasteiger partial charge < -0.3 is 11.1 Å². The van der Waals surface area contributed by atoms with Crippen LogP contribution < -0.4 is 11.1 Å². The third kappa shape index (κ3) is 3.91. The van der Waals surface area contributed by atoms with Gasteiger partial charge in [-0.05, 0) is 18.2 Å². The molecule has 5 heteroatoms. The van der Waals surface area contributed by atoms with E-state index in [1.54, 1.807) is 18.2 Å². The summed E-state index contributed by atoms with van der Waals surface area (Å²) in [5.74, 6) is -0.0748. The van der Waals surface area contributed by atoms with Crippen molar-refractivity contribution in [3.05, 3.63) is 23.2 Å². The van der Waals surface area contributed by atoms with Gasteiger partial charge in [0.2, 0.25) is 5.91 Å². The van der Waals surface area contributed by atoms with Crippen molar-refractivity contribution in [2.45, 2.75) is 20.8 Å². The quantitative estimate of drug-likeness (QED) is 0.763. The molecule has 0 aromatic heterocycles. The predicted molar refractivity (Wildman–Crippen MR) is 71.2 cm³/mol. The minimum atomic E-state index is -0.440. The fourth-order valence-electron chi connectivity index (χ4n) is 0.943. The number of hydrogen-bond donors (Lipinski definition) is 2. The Morgan fingerprint density at radius 1 is 1.38 bits per heavy atom. The summed E-state index contributed by atoms with van der Waals surface area (Å²) in [5.41, 5.74) is 6.27. The highest BCUT2D eigenvalue weighted by atomic mass is 35.5. The molecule has 0 saturated heterocycles. The summed E-state index contributed by atoms with van der Waals surface area (Å²) in [6, 6.07) is 5.01. The second-order valence-electron chi connectivity index (χ2n) is 4.44. The molecule has 0 aliphatic rings. The molecule has 1 aromatic rings. The summed E-state index contributed by atoms with van der Waals surface area (Å²) in [6.07, 6.45) is 0. The van der Waals surface area contributed by atoms with Gasteiger partial charge in [0.15, 0.2) is 0 Å². The Morgan fingerprint density at radius 3 is 2.38 bits per heavy atom. The molecule has 0 bridgehead atoms. The van der Waals surface area contributed by atoms with E-state index in [1.807, 2.05) is 20.8 Å². The summed E-state index contributed by atoms with van der Waals surface area (Å²) >= 11 is 5.93. The fourth-order valence-corrected chi connectivity index (χ4v) is 1.18. The minimum absolute atomic E-state index is 0. The average molecular weight is 263 g/mol. The van der Waals surface area contributed by atoms with E-state index >= 15 is 0 Å². The molecule has 16 heavy (non-hydrogen) atoms. The van der Waals surface area contributed by atoms with Gasteiger partial charge in [0, 0.05) is 11.1 Å². The van der Waals surface area contributed by atoms with E-state index < -0.39 is 5.41 Å². The van der Waals surface area contributed by atoms with Gasteiger partial charge in [-0.3, -0.25) is 4.79 Å². The van der Waals surface area contributed by atoms with Gasteiger partial charge >= 0.3 is 0 Å². The second kappa shape index (κ2) is 5.41. The summed E-state index contributed by atoms with van der Waals surface area (Å²) in [6.45, 7) is 5.52. The van der Waals surface area contributed by atoms with E-state index in [9.17, 15) is 4.79 Å². The Kier molecular flexibility index (Phi) is 5.10. The van der Waals surface area contributed by atoms with Crippen LogP contribution in [0.1, 0.15) is 20.8 Å². The number of nitrogen functional groups attached to an aromatic ring is 1. The average Bonchev–Trinajstić information content (AvgIpc) is 2.08.